The lowest BCUT2D eigenvalue weighted by molar-refractivity contribution is 0.0748. The van der Waals surface area contributed by atoms with Crippen LogP contribution < -0.4 is 16.0 Å². The summed E-state index contributed by atoms with van der Waals surface area (Å²) in [4.78, 5) is 27.3. The molecule has 3 N–H and O–H groups in total. The van der Waals surface area contributed by atoms with E-state index in [1.807, 2.05) is 6.92 Å². The molecule has 21 heavy (non-hydrogen) atoms. The van der Waals surface area contributed by atoms with Crippen LogP contribution >= 0.6 is 11.6 Å². The third kappa shape index (κ3) is 3.11. The van der Waals surface area contributed by atoms with Crippen molar-refractivity contribution in [1.29, 1.82) is 0 Å². The van der Waals surface area contributed by atoms with Gasteiger partial charge in [-0.25, -0.2) is 4.79 Å². The van der Waals surface area contributed by atoms with E-state index in [2.05, 4.69) is 5.32 Å². The van der Waals surface area contributed by atoms with Crippen LogP contribution in [0.2, 0.25) is 5.02 Å². The highest BCUT2D eigenvalue weighted by atomic mass is 35.5. The van der Waals surface area contributed by atoms with E-state index in [9.17, 15) is 9.59 Å². The van der Waals surface area contributed by atoms with Gasteiger partial charge >= 0.3 is 6.03 Å². The van der Waals surface area contributed by atoms with Crippen LogP contribution in [-0.4, -0.2) is 49.6 Å². The lowest BCUT2D eigenvalue weighted by atomic mass is 10.1. The SMILES string of the molecule is C[C@@H](CN)N(C)C(=O)c1ccc(Cl)c(N2CCNC2=O)c1. The van der Waals surface area contributed by atoms with Gasteiger partial charge < -0.3 is 16.0 Å². The summed E-state index contributed by atoms with van der Waals surface area (Å²) in [5.74, 6) is -0.148. The van der Waals surface area contributed by atoms with Crippen molar-refractivity contribution in [2.24, 2.45) is 5.73 Å². The number of urea groups is 1. The number of carbonyl (C=O) groups is 2. The molecule has 1 fully saturated rings. The molecule has 0 radical (unpaired) electrons. The summed E-state index contributed by atoms with van der Waals surface area (Å²) < 4.78 is 0. The molecule has 0 unspecified atom stereocenters. The molecule has 1 aliphatic rings. The summed E-state index contributed by atoms with van der Waals surface area (Å²) in [6, 6.07) is 4.67. The number of nitrogens with one attached hydrogen (secondary N) is 1. The molecule has 3 amide bonds. The Hall–Kier alpha value is -1.79. The zero-order chi connectivity index (χ0) is 15.6. The molecular formula is C14H19ClN4O2. The van der Waals surface area contributed by atoms with Gasteiger partial charge in [-0.1, -0.05) is 11.6 Å². The third-order valence-corrected chi connectivity index (χ3v) is 3.98. The Labute approximate surface area is 128 Å². The fourth-order valence-corrected chi connectivity index (χ4v) is 2.34. The molecule has 2 rings (SSSR count). The van der Waals surface area contributed by atoms with Gasteiger partial charge in [0, 0.05) is 38.3 Å². The number of amides is 3. The molecule has 7 heteroatoms. The number of hydrogen-bond acceptors (Lipinski definition) is 3. The molecule has 114 valence electrons. The van der Waals surface area contributed by atoms with E-state index in [1.54, 1.807) is 30.1 Å². The Kier molecular flexibility index (Phi) is 4.69. The van der Waals surface area contributed by atoms with Crippen LogP contribution in [-0.2, 0) is 0 Å². The highest BCUT2D eigenvalue weighted by molar-refractivity contribution is 6.34. The largest absolute Gasteiger partial charge is 0.338 e. The monoisotopic (exact) mass is 310 g/mol. The minimum absolute atomic E-state index is 0.0632. The molecule has 0 bridgehead atoms. The Morgan fingerprint density at radius 3 is 2.86 bits per heavy atom. The van der Waals surface area contributed by atoms with Gasteiger partial charge in [0.2, 0.25) is 0 Å². The summed E-state index contributed by atoms with van der Waals surface area (Å²) >= 11 is 6.15. The van der Waals surface area contributed by atoms with Gasteiger partial charge in [0.05, 0.1) is 10.7 Å². The first kappa shape index (κ1) is 15.6. The summed E-state index contributed by atoms with van der Waals surface area (Å²) in [7, 11) is 1.71. The fourth-order valence-electron chi connectivity index (χ4n) is 2.12. The summed E-state index contributed by atoms with van der Waals surface area (Å²) in [6.45, 7) is 3.36. The number of hydrogen-bond donors (Lipinski definition) is 2. The quantitative estimate of drug-likeness (QED) is 0.879. The zero-order valence-corrected chi connectivity index (χ0v) is 12.9. The van der Waals surface area contributed by atoms with Crippen molar-refractivity contribution in [2.45, 2.75) is 13.0 Å². The van der Waals surface area contributed by atoms with Gasteiger partial charge in [0.25, 0.3) is 5.91 Å². The standard InChI is InChI=1S/C14H19ClN4O2/c1-9(8-16)18(2)13(20)10-3-4-11(15)12(7-10)19-6-5-17-14(19)21/h3-4,7,9H,5-6,8,16H2,1-2H3,(H,17,21)/t9-/m0/s1. The Bertz CT molecular complexity index is 564. The molecule has 1 atom stereocenters. The first-order chi connectivity index (χ1) is 9.95. The highest BCUT2D eigenvalue weighted by Gasteiger charge is 2.25. The van der Waals surface area contributed by atoms with E-state index in [0.717, 1.165) is 0 Å². The first-order valence-corrected chi connectivity index (χ1v) is 7.15. The maximum atomic E-state index is 12.4. The highest BCUT2D eigenvalue weighted by Crippen LogP contribution is 2.28. The molecule has 1 aromatic rings. The minimum atomic E-state index is -0.204. The average molecular weight is 311 g/mol. The topological polar surface area (TPSA) is 78.7 Å². The maximum Gasteiger partial charge on any atom is 0.322 e. The van der Waals surface area contributed by atoms with Crippen LogP contribution in [0.4, 0.5) is 10.5 Å². The summed E-state index contributed by atoms with van der Waals surface area (Å²) in [6.07, 6.45) is 0. The number of nitrogens with zero attached hydrogens (tertiary/aromatic N) is 2. The van der Waals surface area contributed by atoms with Crippen molar-refractivity contribution >= 4 is 29.2 Å². The summed E-state index contributed by atoms with van der Waals surface area (Å²) in [5.41, 5.74) is 6.62. The number of carbonyl (C=O) groups excluding carboxylic acids is 2. The van der Waals surface area contributed by atoms with Crippen molar-refractivity contribution in [2.75, 3.05) is 31.6 Å². The van der Waals surface area contributed by atoms with E-state index in [0.29, 0.717) is 35.9 Å². The molecule has 6 nitrogen and oxygen atoms in total. The molecule has 0 aliphatic carbocycles. The molecule has 0 saturated carbocycles. The Morgan fingerprint density at radius 2 is 2.29 bits per heavy atom. The van der Waals surface area contributed by atoms with Gasteiger partial charge in [-0.05, 0) is 25.1 Å². The number of halogens is 1. The third-order valence-electron chi connectivity index (χ3n) is 3.66. The Morgan fingerprint density at radius 1 is 1.57 bits per heavy atom. The van der Waals surface area contributed by atoms with Crippen molar-refractivity contribution in [3.05, 3.63) is 28.8 Å². The first-order valence-electron chi connectivity index (χ1n) is 6.78. The van der Waals surface area contributed by atoms with Crippen LogP contribution in [0.5, 0.6) is 0 Å². The normalized spacial score (nSPS) is 15.8. The van der Waals surface area contributed by atoms with Crippen LogP contribution in [0.15, 0.2) is 18.2 Å². The van der Waals surface area contributed by atoms with Crippen LogP contribution in [0.3, 0.4) is 0 Å². The van der Waals surface area contributed by atoms with Crippen molar-refractivity contribution < 1.29 is 9.59 Å². The van der Waals surface area contributed by atoms with Crippen molar-refractivity contribution in [3.63, 3.8) is 0 Å². The van der Waals surface area contributed by atoms with Crippen molar-refractivity contribution in [1.82, 2.24) is 10.2 Å². The van der Waals surface area contributed by atoms with E-state index in [1.165, 1.54) is 4.90 Å². The second kappa shape index (κ2) is 6.32. The van der Waals surface area contributed by atoms with Gasteiger partial charge in [-0.2, -0.15) is 0 Å². The number of nitrogens with two attached hydrogens (primary N) is 1. The lowest BCUT2D eigenvalue weighted by Crippen LogP contribution is -2.39. The molecule has 1 aliphatic heterocycles. The predicted molar refractivity (Wildman–Crippen MR) is 82.8 cm³/mol. The number of benzene rings is 1. The number of anilines is 1. The minimum Gasteiger partial charge on any atom is -0.338 e. The second-order valence-corrected chi connectivity index (χ2v) is 5.46. The van der Waals surface area contributed by atoms with Crippen LogP contribution in [0.1, 0.15) is 17.3 Å². The van der Waals surface area contributed by atoms with Gasteiger partial charge in [0.15, 0.2) is 0 Å². The second-order valence-electron chi connectivity index (χ2n) is 5.05. The number of rotatable bonds is 4. The van der Waals surface area contributed by atoms with Crippen LogP contribution in [0.25, 0.3) is 0 Å². The average Bonchev–Trinajstić information content (AvgIpc) is 2.91. The van der Waals surface area contributed by atoms with E-state index in [4.69, 9.17) is 17.3 Å². The van der Waals surface area contributed by atoms with Gasteiger partial charge in [0.1, 0.15) is 0 Å². The molecule has 1 saturated heterocycles. The van der Waals surface area contributed by atoms with E-state index < -0.39 is 0 Å². The van der Waals surface area contributed by atoms with Gasteiger partial charge in [-0.3, -0.25) is 9.69 Å². The zero-order valence-electron chi connectivity index (χ0n) is 12.1. The number of likely N-dealkylation sites (N-methyl/N-ethyl adjacent to an activating group) is 1. The van der Waals surface area contributed by atoms with E-state index >= 15 is 0 Å². The lowest BCUT2D eigenvalue weighted by Gasteiger charge is -2.24. The van der Waals surface area contributed by atoms with Gasteiger partial charge in [-0.15, -0.1) is 0 Å². The van der Waals surface area contributed by atoms with Crippen LogP contribution in [0, 0.1) is 0 Å². The van der Waals surface area contributed by atoms with Crippen molar-refractivity contribution in [3.8, 4) is 0 Å². The fraction of sp³-hybridized carbons (Fsp3) is 0.429. The molecule has 0 aromatic heterocycles. The molecule has 1 aromatic carbocycles. The smallest absolute Gasteiger partial charge is 0.322 e. The Balaban J connectivity index is 2.30. The predicted octanol–water partition coefficient (Wildman–Crippen LogP) is 1.29. The van der Waals surface area contributed by atoms with E-state index in [-0.39, 0.29) is 18.0 Å². The molecular weight excluding hydrogens is 292 g/mol. The molecule has 1 heterocycles. The maximum absolute atomic E-state index is 12.4. The molecule has 0 spiro atoms. The summed E-state index contributed by atoms with van der Waals surface area (Å²) in [5, 5.41) is 3.15.